The molecule has 1 aromatic carbocycles. The molecule has 0 aliphatic carbocycles. The number of methoxy groups -OCH3 is 2. The summed E-state index contributed by atoms with van der Waals surface area (Å²) in [6, 6.07) is 5.52. The van der Waals surface area contributed by atoms with E-state index in [9.17, 15) is 9.90 Å². The number of hydrogen-bond acceptors (Lipinski definition) is 4. The van der Waals surface area contributed by atoms with Crippen molar-refractivity contribution in [3.8, 4) is 11.5 Å². The molecule has 2 N–H and O–H groups in total. The highest BCUT2D eigenvalue weighted by Gasteiger charge is 2.34. The van der Waals surface area contributed by atoms with Crippen LogP contribution >= 0.6 is 12.4 Å². The molecule has 0 amide bonds. The van der Waals surface area contributed by atoms with Crippen LogP contribution in [0.5, 0.6) is 11.5 Å². The van der Waals surface area contributed by atoms with Gasteiger partial charge in [0.1, 0.15) is 11.5 Å². The number of carboxylic acids is 1. The van der Waals surface area contributed by atoms with Gasteiger partial charge in [0.2, 0.25) is 0 Å². The van der Waals surface area contributed by atoms with Gasteiger partial charge in [0, 0.05) is 25.1 Å². The third-order valence-electron chi connectivity index (χ3n) is 3.33. The quantitative estimate of drug-likeness (QED) is 0.879. The Balaban J connectivity index is 0.00000180. The molecule has 1 heterocycles. The van der Waals surface area contributed by atoms with Crippen LogP contribution in [0.25, 0.3) is 0 Å². The highest BCUT2D eigenvalue weighted by atomic mass is 35.5. The minimum atomic E-state index is -0.771. The highest BCUT2D eigenvalue weighted by molar-refractivity contribution is 5.85. The molecule has 19 heavy (non-hydrogen) atoms. The number of rotatable bonds is 4. The lowest BCUT2D eigenvalue weighted by atomic mass is 9.89. The summed E-state index contributed by atoms with van der Waals surface area (Å²) in [5.41, 5.74) is 0.934. The molecule has 106 valence electrons. The second-order valence-electron chi connectivity index (χ2n) is 4.36. The zero-order valence-electron chi connectivity index (χ0n) is 10.9. The van der Waals surface area contributed by atoms with Crippen LogP contribution in [0.2, 0.25) is 0 Å². The molecule has 0 aromatic heterocycles. The molecule has 2 atom stereocenters. The van der Waals surface area contributed by atoms with Crippen molar-refractivity contribution in [1.82, 2.24) is 5.32 Å². The van der Waals surface area contributed by atoms with Crippen LogP contribution in [-0.2, 0) is 4.79 Å². The Kier molecular flexibility index (Phi) is 5.44. The van der Waals surface area contributed by atoms with Gasteiger partial charge in [-0.3, -0.25) is 4.79 Å². The van der Waals surface area contributed by atoms with Gasteiger partial charge in [0.05, 0.1) is 20.1 Å². The van der Waals surface area contributed by atoms with E-state index in [1.54, 1.807) is 20.3 Å². The van der Waals surface area contributed by atoms with Crippen LogP contribution in [0.4, 0.5) is 0 Å². The average Bonchev–Trinajstić information content (AvgIpc) is 2.87. The summed E-state index contributed by atoms with van der Waals surface area (Å²) in [5.74, 6) is 0.140. The first-order chi connectivity index (χ1) is 8.65. The summed E-state index contributed by atoms with van der Waals surface area (Å²) in [6.07, 6.45) is 0. The molecule has 0 radical (unpaired) electrons. The van der Waals surface area contributed by atoms with Crippen molar-refractivity contribution in [3.05, 3.63) is 23.8 Å². The molecule has 1 aliphatic rings. The van der Waals surface area contributed by atoms with Gasteiger partial charge < -0.3 is 19.9 Å². The third kappa shape index (κ3) is 3.30. The van der Waals surface area contributed by atoms with Gasteiger partial charge >= 0.3 is 5.97 Å². The van der Waals surface area contributed by atoms with E-state index in [1.165, 1.54) is 0 Å². The Morgan fingerprint density at radius 3 is 2.26 bits per heavy atom. The fourth-order valence-electron chi connectivity index (χ4n) is 2.33. The van der Waals surface area contributed by atoms with Gasteiger partial charge in [-0.25, -0.2) is 0 Å². The SMILES string of the molecule is COc1cc(OC)cc([C@H]2CNC[C@@H]2C(=O)O)c1.Cl. The first-order valence-corrected chi connectivity index (χ1v) is 5.82. The van der Waals surface area contributed by atoms with Crippen molar-refractivity contribution >= 4 is 18.4 Å². The Morgan fingerprint density at radius 2 is 1.79 bits per heavy atom. The number of hydrogen-bond donors (Lipinski definition) is 2. The molecule has 1 aliphatic heterocycles. The number of halogens is 1. The molecule has 0 bridgehead atoms. The molecule has 1 fully saturated rings. The van der Waals surface area contributed by atoms with E-state index in [0.29, 0.717) is 24.6 Å². The van der Waals surface area contributed by atoms with E-state index in [0.717, 1.165) is 5.56 Å². The molecule has 1 aromatic rings. The largest absolute Gasteiger partial charge is 0.497 e. The van der Waals surface area contributed by atoms with Gasteiger partial charge in [-0.1, -0.05) is 0 Å². The zero-order valence-corrected chi connectivity index (χ0v) is 11.7. The van der Waals surface area contributed by atoms with Crippen molar-refractivity contribution in [3.63, 3.8) is 0 Å². The Hall–Kier alpha value is -1.46. The van der Waals surface area contributed by atoms with E-state index in [1.807, 2.05) is 12.1 Å². The number of carboxylic acid groups (broad SMARTS) is 1. The average molecular weight is 288 g/mol. The van der Waals surface area contributed by atoms with Crippen LogP contribution in [0.15, 0.2) is 18.2 Å². The summed E-state index contributed by atoms with van der Waals surface area (Å²) in [4.78, 5) is 11.2. The van der Waals surface area contributed by atoms with Gasteiger partial charge in [-0.15, -0.1) is 12.4 Å². The lowest BCUT2D eigenvalue weighted by Crippen LogP contribution is -2.21. The first kappa shape index (κ1) is 15.6. The predicted molar refractivity (Wildman–Crippen MR) is 73.5 cm³/mol. The minimum Gasteiger partial charge on any atom is -0.497 e. The van der Waals surface area contributed by atoms with Crippen LogP contribution < -0.4 is 14.8 Å². The zero-order chi connectivity index (χ0) is 13.1. The number of carbonyl (C=O) groups is 1. The van der Waals surface area contributed by atoms with Crippen LogP contribution in [0.1, 0.15) is 11.5 Å². The van der Waals surface area contributed by atoms with Crippen molar-refractivity contribution in [2.24, 2.45) is 5.92 Å². The summed E-state index contributed by atoms with van der Waals surface area (Å²) in [5, 5.41) is 12.3. The second-order valence-corrected chi connectivity index (χ2v) is 4.36. The molecular weight excluding hydrogens is 270 g/mol. The number of aliphatic carboxylic acids is 1. The van der Waals surface area contributed by atoms with Crippen molar-refractivity contribution in [1.29, 1.82) is 0 Å². The van der Waals surface area contributed by atoms with Crippen LogP contribution in [0, 0.1) is 5.92 Å². The smallest absolute Gasteiger partial charge is 0.308 e. The third-order valence-corrected chi connectivity index (χ3v) is 3.33. The predicted octanol–water partition coefficient (Wildman–Crippen LogP) is 1.51. The number of ether oxygens (including phenoxy) is 2. The second kappa shape index (κ2) is 6.63. The lowest BCUT2D eigenvalue weighted by Gasteiger charge is -2.17. The van der Waals surface area contributed by atoms with Gasteiger partial charge in [-0.05, 0) is 17.7 Å². The molecule has 6 heteroatoms. The molecular formula is C13H18ClNO4. The minimum absolute atomic E-state index is 0. The maximum atomic E-state index is 11.2. The Bertz CT molecular complexity index is 430. The molecule has 0 saturated carbocycles. The lowest BCUT2D eigenvalue weighted by molar-refractivity contribution is -0.141. The molecule has 2 rings (SSSR count). The fourth-order valence-corrected chi connectivity index (χ4v) is 2.33. The molecule has 5 nitrogen and oxygen atoms in total. The van der Waals surface area contributed by atoms with Crippen molar-refractivity contribution < 1.29 is 19.4 Å². The van der Waals surface area contributed by atoms with Crippen LogP contribution in [-0.4, -0.2) is 38.4 Å². The van der Waals surface area contributed by atoms with Gasteiger partial charge in [0.25, 0.3) is 0 Å². The van der Waals surface area contributed by atoms with Crippen molar-refractivity contribution in [2.75, 3.05) is 27.3 Å². The highest BCUT2D eigenvalue weighted by Crippen LogP contribution is 2.33. The number of nitrogens with one attached hydrogen (secondary N) is 1. The molecule has 1 saturated heterocycles. The molecule has 0 spiro atoms. The van der Waals surface area contributed by atoms with Gasteiger partial charge in [0.15, 0.2) is 0 Å². The normalized spacial score (nSPS) is 21.6. The van der Waals surface area contributed by atoms with E-state index < -0.39 is 11.9 Å². The summed E-state index contributed by atoms with van der Waals surface area (Å²) >= 11 is 0. The maximum absolute atomic E-state index is 11.2. The van der Waals surface area contributed by atoms with Crippen LogP contribution in [0.3, 0.4) is 0 Å². The molecule has 0 unspecified atom stereocenters. The fraction of sp³-hybridized carbons (Fsp3) is 0.462. The Morgan fingerprint density at radius 1 is 1.21 bits per heavy atom. The Labute approximate surface area is 118 Å². The maximum Gasteiger partial charge on any atom is 0.308 e. The summed E-state index contributed by atoms with van der Waals surface area (Å²) in [7, 11) is 3.17. The number of benzene rings is 1. The van der Waals surface area contributed by atoms with E-state index in [2.05, 4.69) is 5.32 Å². The topological polar surface area (TPSA) is 67.8 Å². The first-order valence-electron chi connectivity index (χ1n) is 5.82. The van der Waals surface area contributed by atoms with E-state index >= 15 is 0 Å². The van der Waals surface area contributed by atoms with E-state index in [4.69, 9.17) is 9.47 Å². The monoisotopic (exact) mass is 287 g/mol. The standard InChI is InChI=1S/C13H17NO4.ClH/c1-17-9-3-8(4-10(5-9)18-2)11-6-14-7-12(11)13(15)16;/h3-5,11-12,14H,6-7H2,1-2H3,(H,15,16);1H/t11-,12+;/m1./s1. The van der Waals surface area contributed by atoms with Crippen molar-refractivity contribution in [2.45, 2.75) is 5.92 Å². The summed E-state index contributed by atoms with van der Waals surface area (Å²) in [6.45, 7) is 1.16. The van der Waals surface area contributed by atoms with E-state index in [-0.39, 0.29) is 18.3 Å². The summed E-state index contributed by atoms with van der Waals surface area (Å²) < 4.78 is 10.4. The van der Waals surface area contributed by atoms with Gasteiger partial charge in [-0.2, -0.15) is 0 Å².